The average Bonchev–Trinajstić information content (AvgIpc) is 3.06. The Morgan fingerprint density at radius 2 is 1.87 bits per heavy atom. The van der Waals surface area contributed by atoms with Crippen LogP contribution >= 0.6 is 0 Å². The number of aliphatic hydroxyl groups is 1. The molecule has 204 valence electrons. The summed E-state index contributed by atoms with van der Waals surface area (Å²) in [6.07, 6.45) is 9.01. The molecule has 2 fully saturated rings. The van der Waals surface area contributed by atoms with Crippen molar-refractivity contribution in [1.29, 1.82) is 0 Å². The molecule has 1 aromatic carbocycles. The number of aromatic nitrogens is 1. The summed E-state index contributed by atoms with van der Waals surface area (Å²) < 4.78 is 0. The molecule has 1 aliphatic carbocycles. The van der Waals surface area contributed by atoms with Crippen LogP contribution in [0.3, 0.4) is 0 Å². The van der Waals surface area contributed by atoms with Crippen LogP contribution in [-0.4, -0.2) is 95.2 Å². The van der Waals surface area contributed by atoms with E-state index in [0.29, 0.717) is 41.4 Å². The Morgan fingerprint density at radius 3 is 2.68 bits per heavy atom. The van der Waals surface area contributed by atoms with Gasteiger partial charge in [0, 0.05) is 45.0 Å². The van der Waals surface area contributed by atoms with Crippen molar-refractivity contribution in [3.05, 3.63) is 48.2 Å². The van der Waals surface area contributed by atoms with Crippen LogP contribution in [0.2, 0.25) is 0 Å². The fraction of sp³-hybridized carbons (Fsp3) is 0.552. The standard InChI is InChI=1S/C29H40N6O3/c1-32(18-19-34-17-6-5-8-22(34)20-33(2)21-12-14-23(36)15-13-21)29(38)35-26-11-4-3-9-24(26)28(37)31-25-10-7-16-30-27(25)35/h3-4,7,9-11,16,21-23,36H,5-6,8,12-15,17-20H2,1-2H3,(H,31,37)/t21-,22?,23-. The predicted octanol–water partition coefficient (Wildman–Crippen LogP) is 3.93. The fourth-order valence-corrected chi connectivity index (χ4v) is 6.12. The molecule has 3 aliphatic rings. The van der Waals surface area contributed by atoms with E-state index < -0.39 is 0 Å². The molecule has 9 nitrogen and oxygen atoms in total. The maximum atomic E-state index is 13.9. The van der Waals surface area contributed by atoms with Gasteiger partial charge >= 0.3 is 6.03 Å². The Kier molecular flexibility index (Phi) is 8.26. The summed E-state index contributed by atoms with van der Waals surface area (Å²) in [5.41, 5.74) is 1.50. The molecule has 2 aliphatic heterocycles. The van der Waals surface area contributed by atoms with Crippen molar-refractivity contribution in [3.63, 3.8) is 0 Å². The first kappa shape index (κ1) is 26.6. The summed E-state index contributed by atoms with van der Waals surface area (Å²) in [5, 5.41) is 12.8. The Morgan fingerprint density at radius 1 is 1.08 bits per heavy atom. The summed E-state index contributed by atoms with van der Waals surface area (Å²) >= 11 is 0. The van der Waals surface area contributed by atoms with Gasteiger partial charge in [0.25, 0.3) is 5.91 Å². The highest BCUT2D eigenvalue weighted by atomic mass is 16.3. The SMILES string of the molecule is CN(CCN1CCCCC1CN(C)[C@H]1CC[C@H](O)CC1)C(=O)N1c2ccccc2C(=O)Nc2cccnc21. The highest BCUT2D eigenvalue weighted by molar-refractivity contribution is 6.16. The molecule has 1 atom stereocenters. The van der Waals surface area contributed by atoms with Gasteiger partial charge in [-0.15, -0.1) is 0 Å². The number of pyridine rings is 1. The number of rotatable bonds is 6. The molecule has 5 rings (SSSR count). The van der Waals surface area contributed by atoms with Gasteiger partial charge in [-0.2, -0.15) is 0 Å². The van der Waals surface area contributed by atoms with Gasteiger partial charge in [-0.3, -0.25) is 9.69 Å². The van der Waals surface area contributed by atoms with Crippen LogP contribution in [0, 0.1) is 0 Å². The summed E-state index contributed by atoms with van der Waals surface area (Å²) in [4.78, 5) is 39.5. The van der Waals surface area contributed by atoms with E-state index in [4.69, 9.17) is 0 Å². The Hall–Kier alpha value is -3.01. The average molecular weight is 521 g/mol. The number of urea groups is 1. The number of hydrogen-bond acceptors (Lipinski definition) is 6. The van der Waals surface area contributed by atoms with Gasteiger partial charge in [-0.1, -0.05) is 18.6 Å². The monoisotopic (exact) mass is 520 g/mol. The second-order valence-electron chi connectivity index (χ2n) is 11.0. The van der Waals surface area contributed by atoms with E-state index >= 15 is 0 Å². The number of carbonyl (C=O) groups excluding carboxylic acids is 2. The third kappa shape index (κ3) is 5.70. The Balaban J connectivity index is 1.27. The number of hydrogen-bond donors (Lipinski definition) is 2. The zero-order chi connectivity index (χ0) is 26.6. The van der Waals surface area contributed by atoms with E-state index in [-0.39, 0.29) is 18.0 Å². The molecule has 3 amide bonds. The normalized spacial score (nSPS) is 23.8. The van der Waals surface area contributed by atoms with Crippen molar-refractivity contribution >= 4 is 29.1 Å². The first-order valence-corrected chi connectivity index (χ1v) is 14.0. The molecule has 2 N–H and O–H groups in total. The molecule has 0 spiro atoms. The summed E-state index contributed by atoms with van der Waals surface area (Å²) in [6.45, 7) is 3.44. The van der Waals surface area contributed by atoms with Crippen molar-refractivity contribution in [2.75, 3.05) is 50.5 Å². The molecule has 1 saturated heterocycles. The van der Waals surface area contributed by atoms with E-state index in [2.05, 4.69) is 27.1 Å². The number of para-hydroxylation sites is 1. The molecule has 38 heavy (non-hydrogen) atoms. The Labute approximate surface area is 225 Å². The number of fused-ring (bicyclic) bond motifs is 2. The lowest BCUT2D eigenvalue weighted by atomic mass is 9.91. The van der Waals surface area contributed by atoms with E-state index in [1.54, 1.807) is 46.3 Å². The smallest absolute Gasteiger partial charge is 0.330 e. The molecule has 0 radical (unpaired) electrons. The minimum Gasteiger partial charge on any atom is -0.393 e. The van der Waals surface area contributed by atoms with Gasteiger partial charge in [0.05, 0.1) is 23.0 Å². The fourth-order valence-electron chi connectivity index (χ4n) is 6.12. The molecule has 1 saturated carbocycles. The number of aliphatic hydroxyl groups excluding tert-OH is 1. The van der Waals surface area contributed by atoms with Gasteiger partial charge in [-0.25, -0.2) is 14.7 Å². The number of anilines is 3. The van der Waals surface area contributed by atoms with Gasteiger partial charge in [0.1, 0.15) is 0 Å². The summed E-state index contributed by atoms with van der Waals surface area (Å²) in [5.74, 6) is 0.179. The Bertz CT molecular complexity index is 1130. The lowest BCUT2D eigenvalue weighted by Crippen LogP contribution is -2.51. The van der Waals surface area contributed by atoms with Crippen molar-refractivity contribution in [1.82, 2.24) is 19.7 Å². The number of piperidine rings is 1. The van der Waals surface area contributed by atoms with Crippen molar-refractivity contribution < 1.29 is 14.7 Å². The van der Waals surface area contributed by atoms with Crippen LogP contribution in [0.4, 0.5) is 22.0 Å². The highest BCUT2D eigenvalue weighted by Crippen LogP contribution is 2.36. The molecule has 1 unspecified atom stereocenters. The van der Waals surface area contributed by atoms with Crippen molar-refractivity contribution in [3.8, 4) is 0 Å². The minimum absolute atomic E-state index is 0.133. The second kappa shape index (κ2) is 11.8. The largest absolute Gasteiger partial charge is 0.393 e. The van der Waals surface area contributed by atoms with Crippen molar-refractivity contribution in [2.45, 2.75) is 63.1 Å². The first-order chi connectivity index (χ1) is 18.4. The number of amides is 3. The van der Waals surface area contributed by atoms with Gasteiger partial charge in [-0.05, 0) is 76.4 Å². The van der Waals surface area contributed by atoms with Gasteiger partial charge in [0.15, 0.2) is 5.82 Å². The molecule has 2 aromatic rings. The van der Waals surface area contributed by atoms with E-state index in [9.17, 15) is 14.7 Å². The zero-order valence-corrected chi connectivity index (χ0v) is 22.6. The number of nitrogens with one attached hydrogen (secondary N) is 1. The van der Waals surface area contributed by atoms with Crippen LogP contribution < -0.4 is 10.2 Å². The summed E-state index contributed by atoms with van der Waals surface area (Å²) in [7, 11) is 4.05. The van der Waals surface area contributed by atoms with Crippen LogP contribution in [0.25, 0.3) is 0 Å². The predicted molar refractivity (Wildman–Crippen MR) is 149 cm³/mol. The van der Waals surface area contributed by atoms with E-state index in [0.717, 1.165) is 45.3 Å². The number of carbonyl (C=O) groups is 2. The maximum absolute atomic E-state index is 13.9. The molecule has 3 heterocycles. The van der Waals surface area contributed by atoms with Gasteiger partial charge < -0.3 is 20.2 Å². The van der Waals surface area contributed by atoms with Crippen LogP contribution in [0.5, 0.6) is 0 Å². The number of likely N-dealkylation sites (tertiary alicyclic amines) is 1. The molecule has 0 bridgehead atoms. The third-order valence-corrected chi connectivity index (χ3v) is 8.41. The number of nitrogens with zero attached hydrogens (tertiary/aromatic N) is 5. The molecular weight excluding hydrogens is 480 g/mol. The highest BCUT2D eigenvalue weighted by Gasteiger charge is 2.33. The van der Waals surface area contributed by atoms with Crippen molar-refractivity contribution in [2.24, 2.45) is 0 Å². The topological polar surface area (TPSA) is 92.3 Å². The van der Waals surface area contributed by atoms with E-state index in [1.807, 2.05) is 13.1 Å². The third-order valence-electron chi connectivity index (χ3n) is 8.41. The lowest BCUT2D eigenvalue weighted by molar-refractivity contribution is 0.0560. The van der Waals surface area contributed by atoms with Crippen LogP contribution in [0.1, 0.15) is 55.3 Å². The first-order valence-electron chi connectivity index (χ1n) is 14.0. The number of benzene rings is 1. The lowest BCUT2D eigenvalue weighted by Gasteiger charge is -2.41. The quantitative estimate of drug-likeness (QED) is 0.600. The molecular formula is C29H40N6O3. The maximum Gasteiger partial charge on any atom is 0.330 e. The summed E-state index contributed by atoms with van der Waals surface area (Å²) in [6, 6.07) is 11.5. The molecule has 1 aromatic heterocycles. The van der Waals surface area contributed by atoms with Gasteiger partial charge in [0.2, 0.25) is 0 Å². The van der Waals surface area contributed by atoms with Crippen LogP contribution in [0.15, 0.2) is 42.6 Å². The molecule has 9 heteroatoms. The minimum atomic E-state index is -0.249. The van der Waals surface area contributed by atoms with E-state index in [1.165, 1.54) is 19.3 Å². The second-order valence-corrected chi connectivity index (χ2v) is 11.0. The number of likely N-dealkylation sites (N-methyl/N-ethyl adjacent to an activating group) is 2. The zero-order valence-electron chi connectivity index (χ0n) is 22.6. The van der Waals surface area contributed by atoms with Crippen LogP contribution in [-0.2, 0) is 0 Å².